The van der Waals surface area contributed by atoms with Crippen molar-refractivity contribution in [2.24, 2.45) is 0 Å². The summed E-state index contributed by atoms with van der Waals surface area (Å²) in [5.74, 6) is -2.41. The maximum atomic E-state index is 13.3. The van der Waals surface area contributed by atoms with Gasteiger partial charge in [0.1, 0.15) is 17.5 Å². The first kappa shape index (κ1) is 30.2. The van der Waals surface area contributed by atoms with Crippen LogP contribution in [0.4, 0.5) is 30.7 Å². The molecule has 0 unspecified atom stereocenters. The Morgan fingerprint density at radius 1 is 0.744 bits per heavy atom. The SMILES string of the molecule is Cc1cc(OC(F)F)n[nH]1.Cc1cc(OC(F)F)nn1-c1cc(F)cc(C#N)c1.N#Cc1cc(F)cc(F)c1. The molecule has 4 aromatic rings. The predicted octanol–water partition coefficient (Wildman–Crippen LogP) is 5.95. The molecule has 39 heavy (non-hydrogen) atoms. The van der Waals surface area contributed by atoms with Crippen LogP contribution in [-0.2, 0) is 0 Å². The summed E-state index contributed by atoms with van der Waals surface area (Å²) in [6.45, 7) is -2.49. The molecule has 0 saturated carbocycles. The fourth-order valence-corrected chi connectivity index (χ4v) is 2.78. The second-order valence-electron chi connectivity index (χ2n) is 7.26. The maximum Gasteiger partial charge on any atom is 0.388 e. The van der Waals surface area contributed by atoms with Gasteiger partial charge in [0, 0.05) is 29.6 Å². The van der Waals surface area contributed by atoms with E-state index in [1.165, 1.54) is 22.9 Å². The Kier molecular flexibility index (Phi) is 10.9. The Morgan fingerprint density at radius 2 is 1.26 bits per heavy atom. The van der Waals surface area contributed by atoms with Crippen LogP contribution >= 0.6 is 0 Å². The van der Waals surface area contributed by atoms with Gasteiger partial charge in [-0.15, -0.1) is 10.2 Å². The van der Waals surface area contributed by atoms with Gasteiger partial charge in [-0.2, -0.15) is 28.1 Å². The van der Waals surface area contributed by atoms with Crippen molar-refractivity contribution in [3.8, 4) is 29.6 Å². The first-order chi connectivity index (χ1) is 18.4. The molecule has 0 fully saturated rings. The molecule has 0 aliphatic carbocycles. The van der Waals surface area contributed by atoms with E-state index in [9.17, 15) is 30.7 Å². The van der Waals surface area contributed by atoms with Crippen LogP contribution in [-0.4, -0.2) is 33.2 Å². The van der Waals surface area contributed by atoms with E-state index in [1.54, 1.807) is 26.0 Å². The number of nitrogens with zero attached hydrogens (tertiary/aromatic N) is 5. The second-order valence-corrected chi connectivity index (χ2v) is 7.26. The first-order valence-electron chi connectivity index (χ1n) is 10.5. The van der Waals surface area contributed by atoms with Crippen LogP contribution in [0.5, 0.6) is 11.8 Å². The van der Waals surface area contributed by atoms with Crippen molar-refractivity contribution in [1.82, 2.24) is 20.0 Å². The Morgan fingerprint density at radius 3 is 1.74 bits per heavy atom. The number of halogens is 7. The number of aryl methyl sites for hydroxylation is 2. The van der Waals surface area contributed by atoms with Crippen LogP contribution in [0, 0.1) is 54.0 Å². The summed E-state index contributed by atoms with van der Waals surface area (Å²) in [6, 6.07) is 12.4. The van der Waals surface area contributed by atoms with Crippen LogP contribution in [0.25, 0.3) is 5.69 Å². The number of nitrogens with one attached hydrogen (secondary N) is 1. The van der Waals surface area contributed by atoms with Gasteiger partial charge in [-0.3, -0.25) is 5.10 Å². The summed E-state index contributed by atoms with van der Waals surface area (Å²) in [5, 5.41) is 26.6. The monoisotopic (exact) mass is 554 g/mol. The topological polar surface area (TPSA) is 113 Å². The highest BCUT2D eigenvalue weighted by Gasteiger charge is 2.12. The minimum atomic E-state index is -2.98. The molecule has 0 saturated heterocycles. The zero-order chi connectivity index (χ0) is 29.1. The lowest BCUT2D eigenvalue weighted by atomic mass is 10.2. The highest BCUT2D eigenvalue weighted by atomic mass is 19.3. The summed E-state index contributed by atoms with van der Waals surface area (Å²) < 4.78 is 94.1. The number of ether oxygens (including phenoxy) is 2. The summed E-state index contributed by atoms with van der Waals surface area (Å²) in [7, 11) is 0. The number of H-pyrrole nitrogens is 1. The van der Waals surface area contributed by atoms with Crippen molar-refractivity contribution >= 4 is 0 Å². The Hall–Kier alpha value is -5.05. The van der Waals surface area contributed by atoms with Gasteiger partial charge in [0.2, 0.25) is 11.8 Å². The van der Waals surface area contributed by atoms with Crippen LogP contribution in [0.15, 0.2) is 48.5 Å². The molecule has 0 atom stereocenters. The largest absolute Gasteiger partial charge is 0.415 e. The number of alkyl halides is 4. The van der Waals surface area contributed by atoms with Gasteiger partial charge in [-0.25, -0.2) is 17.9 Å². The minimum Gasteiger partial charge on any atom is -0.415 e. The lowest BCUT2D eigenvalue weighted by Crippen LogP contribution is -2.04. The molecule has 0 radical (unpaired) electrons. The van der Waals surface area contributed by atoms with Gasteiger partial charge in [0.15, 0.2) is 0 Å². The predicted molar refractivity (Wildman–Crippen MR) is 121 cm³/mol. The van der Waals surface area contributed by atoms with Gasteiger partial charge in [0.25, 0.3) is 0 Å². The minimum absolute atomic E-state index is 0.00231. The molecule has 0 aliphatic rings. The molecule has 0 bridgehead atoms. The zero-order valence-corrected chi connectivity index (χ0v) is 20.0. The third-order valence-corrected chi connectivity index (χ3v) is 4.21. The van der Waals surface area contributed by atoms with Gasteiger partial charge in [-0.05, 0) is 44.2 Å². The van der Waals surface area contributed by atoms with Crippen molar-refractivity contribution in [1.29, 1.82) is 10.5 Å². The molecule has 204 valence electrons. The van der Waals surface area contributed by atoms with Crippen molar-refractivity contribution in [3.05, 3.63) is 88.5 Å². The molecular weight excluding hydrogens is 537 g/mol. The number of hydrogen-bond acceptors (Lipinski definition) is 6. The molecule has 1 N–H and O–H groups in total. The lowest BCUT2D eigenvalue weighted by Gasteiger charge is -2.04. The Bertz CT molecular complexity index is 1450. The van der Waals surface area contributed by atoms with Gasteiger partial charge in [-0.1, -0.05) is 0 Å². The standard InChI is InChI=1S/C12H8F3N3O.C7H3F2N.C5H6F2N2O/c1-7-2-11(19-12(14)15)17-18(7)10-4-8(6-16)3-9(13)5-10;8-6-1-5(4-10)2-7(9)3-6;1-3-2-4(9-8-3)10-5(6)7/h2-5,12H,1H3;1-3H;2,5H,1H3,(H,8,9). The van der Waals surface area contributed by atoms with Crippen molar-refractivity contribution < 1.29 is 40.2 Å². The quantitative estimate of drug-likeness (QED) is 0.305. The second kappa shape index (κ2) is 14.0. The highest BCUT2D eigenvalue weighted by Crippen LogP contribution is 2.20. The lowest BCUT2D eigenvalue weighted by molar-refractivity contribution is -0.0536. The first-order valence-corrected chi connectivity index (χ1v) is 10.5. The number of nitriles is 2. The smallest absolute Gasteiger partial charge is 0.388 e. The van der Waals surface area contributed by atoms with E-state index in [0.29, 0.717) is 11.4 Å². The molecule has 2 aromatic carbocycles. The molecule has 0 amide bonds. The van der Waals surface area contributed by atoms with Crippen molar-refractivity contribution in [2.45, 2.75) is 27.1 Å². The van der Waals surface area contributed by atoms with Gasteiger partial charge in [0.05, 0.1) is 29.0 Å². The van der Waals surface area contributed by atoms with Crippen LogP contribution < -0.4 is 9.47 Å². The molecule has 15 heteroatoms. The van der Waals surface area contributed by atoms with E-state index in [4.69, 9.17) is 10.5 Å². The molecule has 0 aliphatic heterocycles. The van der Waals surface area contributed by atoms with E-state index in [1.807, 2.05) is 0 Å². The normalized spacial score (nSPS) is 10.1. The molecule has 8 nitrogen and oxygen atoms in total. The van der Waals surface area contributed by atoms with E-state index in [2.05, 4.69) is 24.8 Å². The average Bonchev–Trinajstić information content (AvgIpc) is 3.42. The number of aromatic nitrogens is 4. The number of hydrogen-bond donors (Lipinski definition) is 1. The fraction of sp³-hybridized carbons (Fsp3) is 0.167. The van der Waals surface area contributed by atoms with Gasteiger partial charge < -0.3 is 9.47 Å². The summed E-state index contributed by atoms with van der Waals surface area (Å²) >= 11 is 0. The Balaban J connectivity index is 0.000000225. The van der Waals surface area contributed by atoms with Gasteiger partial charge >= 0.3 is 13.2 Å². The molecule has 2 heterocycles. The van der Waals surface area contributed by atoms with Crippen molar-refractivity contribution in [2.75, 3.05) is 0 Å². The number of rotatable bonds is 5. The van der Waals surface area contributed by atoms with Crippen molar-refractivity contribution in [3.63, 3.8) is 0 Å². The van der Waals surface area contributed by atoms with E-state index < -0.39 is 30.7 Å². The molecule has 0 spiro atoms. The molecule has 2 aromatic heterocycles. The number of aromatic amines is 1. The third kappa shape index (κ3) is 10.1. The van der Waals surface area contributed by atoms with Crippen LogP contribution in [0.1, 0.15) is 22.5 Å². The van der Waals surface area contributed by atoms with E-state index in [0.717, 1.165) is 30.3 Å². The fourth-order valence-electron chi connectivity index (χ4n) is 2.78. The van der Waals surface area contributed by atoms with E-state index in [-0.39, 0.29) is 28.6 Å². The van der Waals surface area contributed by atoms with Crippen LogP contribution in [0.2, 0.25) is 0 Å². The summed E-state index contributed by atoms with van der Waals surface area (Å²) in [4.78, 5) is 0. The maximum absolute atomic E-state index is 13.3. The Labute approximate surface area is 216 Å². The van der Waals surface area contributed by atoms with E-state index >= 15 is 0 Å². The highest BCUT2D eigenvalue weighted by molar-refractivity contribution is 5.43. The molecular formula is C24H17F7N6O2. The molecule has 4 rings (SSSR count). The summed E-state index contributed by atoms with van der Waals surface area (Å²) in [6.07, 6.45) is 0. The van der Waals surface area contributed by atoms with Crippen LogP contribution in [0.3, 0.4) is 0 Å². The average molecular weight is 554 g/mol. The third-order valence-electron chi connectivity index (χ3n) is 4.21. The number of benzene rings is 2. The zero-order valence-electron chi connectivity index (χ0n) is 20.0. The summed E-state index contributed by atoms with van der Waals surface area (Å²) in [5.41, 5.74) is 1.54.